The second kappa shape index (κ2) is 4.09. The first-order chi connectivity index (χ1) is 7.24. The number of thioether (sulfide) groups is 1. The summed E-state index contributed by atoms with van der Waals surface area (Å²) in [6, 6.07) is 0. The molecule has 4 N–H and O–H groups in total. The molecule has 1 aromatic rings. The van der Waals surface area contributed by atoms with Gasteiger partial charge in [0.2, 0.25) is 0 Å². The SMILES string of the molecule is NC(CC1(CSc2ncn[nH]2)CC1)=NO. The van der Waals surface area contributed by atoms with Crippen LogP contribution in [0.5, 0.6) is 0 Å². The van der Waals surface area contributed by atoms with Crippen molar-refractivity contribution >= 4 is 17.6 Å². The average molecular weight is 227 g/mol. The third-order valence-electron chi connectivity index (χ3n) is 2.55. The maximum atomic E-state index is 8.51. The van der Waals surface area contributed by atoms with Crippen molar-refractivity contribution in [1.82, 2.24) is 15.2 Å². The number of rotatable bonds is 5. The Morgan fingerprint density at radius 2 is 2.53 bits per heavy atom. The summed E-state index contributed by atoms with van der Waals surface area (Å²) >= 11 is 1.63. The fourth-order valence-corrected chi connectivity index (χ4v) is 2.53. The van der Waals surface area contributed by atoms with Crippen molar-refractivity contribution in [1.29, 1.82) is 0 Å². The Bertz CT molecular complexity index is 346. The lowest BCUT2D eigenvalue weighted by Gasteiger charge is -2.11. The van der Waals surface area contributed by atoms with Gasteiger partial charge in [-0.3, -0.25) is 5.10 Å². The summed E-state index contributed by atoms with van der Waals surface area (Å²) in [5.41, 5.74) is 5.71. The van der Waals surface area contributed by atoms with Crippen LogP contribution in [0.1, 0.15) is 19.3 Å². The van der Waals surface area contributed by atoms with E-state index in [-0.39, 0.29) is 5.41 Å². The fourth-order valence-electron chi connectivity index (χ4n) is 1.45. The molecular formula is C8H13N5OS. The van der Waals surface area contributed by atoms with Crippen LogP contribution >= 0.6 is 11.8 Å². The first-order valence-corrected chi connectivity index (χ1v) is 5.67. The Kier molecular flexibility index (Phi) is 2.81. The number of hydrogen-bond acceptors (Lipinski definition) is 5. The van der Waals surface area contributed by atoms with E-state index in [1.54, 1.807) is 11.8 Å². The third-order valence-corrected chi connectivity index (χ3v) is 3.78. The summed E-state index contributed by atoms with van der Waals surface area (Å²) in [7, 11) is 0. The molecule has 0 bridgehead atoms. The van der Waals surface area contributed by atoms with Gasteiger partial charge in [-0.25, -0.2) is 4.98 Å². The molecule has 0 unspecified atom stereocenters. The Morgan fingerprint density at radius 3 is 3.07 bits per heavy atom. The van der Waals surface area contributed by atoms with Gasteiger partial charge < -0.3 is 10.9 Å². The molecule has 0 aromatic carbocycles. The Hall–Kier alpha value is -1.24. The Morgan fingerprint density at radius 1 is 1.73 bits per heavy atom. The van der Waals surface area contributed by atoms with Gasteiger partial charge in [-0.15, -0.1) is 0 Å². The van der Waals surface area contributed by atoms with Crippen LogP contribution in [0.2, 0.25) is 0 Å². The van der Waals surface area contributed by atoms with Gasteiger partial charge in [0.05, 0.1) is 0 Å². The van der Waals surface area contributed by atoms with E-state index in [1.165, 1.54) is 6.33 Å². The molecule has 1 aliphatic carbocycles. The molecule has 1 fully saturated rings. The molecule has 0 amide bonds. The van der Waals surface area contributed by atoms with Crippen molar-refractivity contribution in [3.05, 3.63) is 6.33 Å². The van der Waals surface area contributed by atoms with Crippen molar-refractivity contribution in [2.75, 3.05) is 5.75 Å². The molecule has 1 aliphatic rings. The van der Waals surface area contributed by atoms with Crippen molar-refractivity contribution in [3.8, 4) is 0 Å². The zero-order valence-corrected chi connectivity index (χ0v) is 9.00. The minimum Gasteiger partial charge on any atom is -0.409 e. The third kappa shape index (κ3) is 2.62. The predicted molar refractivity (Wildman–Crippen MR) is 56.8 cm³/mol. The normalized spacial score (nSPS) is 19.1. The minimum atomic E-state index is 0.202. The molecule has 0 aliphatic heterocycles. The number of nitrogens with zero attached hydrogens (tertiary/aromatic N) is 3. The number of H-pyrrole nitrogens is 1. The summed E-state index contributed by atoms with van der Waals surface area (Å²) in [6.45, 7) is 0. The van der Waals surface area contributed by atoms with E-state index in [0.29, 0.717) is 12.3 Å². The fraction of sp³-hybridized carbons (Fsp3) is 0.625. The van der Waals surface area contributed by atoms with Crippen LogP contribution < -0.4 is 5.73 Å². The van der Waals surface area contributed by atoms with Crippen molar-refractivity contribution in [2.24, 2.45) is 16.3 Å². The van der Waals surface area contributed by atoms with E-state index in [0.717, 1.165) is 23.8 Å². The van der Waals surface area contributed by atoms with Crippen LogP contribution in [0, 0.1) is 5.41 Å². The zero-order valence-electron chi connectivity index (χ0n) is 8.18. The Balaban J connectivity index is 1.84. The summed E-state index contributed by atoms with van der Waals surface area (Å²) in [6.07, 6.45) is 4.41. The van der Waals surface area contributed by atoms with Gasteiger partial charge in [-0.2, -0.15) is 5.10 Å². The van der Waals surface area contributed by atoms with Gasteiger partial charge in [0.1, 0.15) is 12.2 Å². The van der Waals surface area contributed by atoms with Crippen molar-refractivity contribution in [3.63, 3.8) is 0 Å². The lowest BCUT2D eigenvalue weighted by Crippen LogP contribution is -2.19. The van der Waals surface area contributed by atoms with Gasteiger partial charge in [0.15, 0.2) is 5.16 Å². The molecule has 15 heavy (non-hydrogen) atoms. The van der Waals surface area contributed by atoms with E-state index in [4.69, 9.17) is 10.9 Å². The number of amidine groups is 1. The molecule has 2 rings (SSSR count). The molecule has 0 spiro atoms. The van der Waals surface area contributed by atoms with Crippen LogP contribution in [0.25, 0.3) is 0 Å². The smallest absolute Gasteiger partial charge is 0.183 e. The number of oxime groups is 1. The number of hydrogen-bond donors (Lipinski definition) is 3. The molecule has 0 atom stereocenters. The monoisotopic (exact) mass is 227 g/mol. The molecule has 82 valence electrons. The van der Waals surface area contributed by atoms with Gasteiger partial charge >= 0.3 is 0 Å². The van der Waals surface area contributed by atoms with E-state index < -0.39 is 0 Å². The summed E-state index contributed by atoms with van der Waals surface area (Å²) in [5.74, 6) is 1.24. The first-order valence-electron chi connectivity index (χ1n) is 4.69. The quantitative estimate of drug-likeness (QED) is 0.227. The van der Waals surface area contributed by atoms with Crippen LogP contribution in [-0.2, 0) is 0 Å². The summed E-state index contributed by atoms with van der Waals surface area (Å²) < 4.78 is 0. The maximum Gasteiger partial charge on any atom is 0.183 e. The minimum absolute atomic E-state index is 0.202. The number of aromatic nitrogens is 3. The molecule has 1 saturated carbocycles. The highest BCUT2D eigenvalue weighted by atomic mass is 32.2. The molecule has 0 saturated heterocycles. The van der Waals surface area contributed by atoms with E-state index in [1.807, 2.05) is 0 Å². The van der Waals surface area contributed by atoms with E-state index >= 15 is 0 Å². The van der Waals surface area contributed by atoms with Crippen LogP contribution in [0.4, 0.5) is 0 Å². The predicted octanol–water partition coefficient (Wildman–Crippen LogP) is 0.813. The largest absolute Gasteiger partial charge is 0.409 e. The van der Waals surface area contributed by atoms with Crippen LogP contribution in [-0.4, -0.2) is 32.0 Å². The first kappa shape index (κ1) is 10.3. The molecular weight excluding hydrogens is 214 g/mol. The summed E-state index contributed by atoms with van der Waals surface area (Å²) in [5, 5.41) is 18.9. The highest BCUT2D eigenvalue weighted by molar-refractivity contribution is 7.99. The van der Waals surface area contributed by atoms with E-state index in [2.05, 4.69) is 20.3 Å². The Labute approximate surface area is 91.3 Å². The second-order valence-corrected chi connectivity index (χ2v) is 4.81. The highest BCUT2D eigenvalue weighted by Gasteiger charge is 2.43. The van der Waals surface area contributed by atoms with E-state index in [9.17, 15) is 0 Å². The summed E-state index contributed by atoms with van der Waals surface area (Å²) in [4.78, 5) is 4.03. The molecule has 1 aromatic heterocycles. The molecule has 0 radical (unpaired) electrons. The number of nitrogens with two attached hydrogens (primary N) is 1. The lowest BCUT2D eigenvalue weighted by molar-refractivity contribution is 0.315. The van der Waals surface area contributed by atoms with Gasteiger partial charge in [-0.05, 0) is 18.3 Å². The van der Waals surface area contributed by atoms with Crippen LogP contribution in [0.3, 0.4) is 0 Å². The molecule has 1 heterocycles. The number of aromatic amines is 1. The van der Waals surface area contributed by atoms with Gasteiger partial charge in [0, 0.05) is 12.2 Å². The number of nitrogens with one attached hydrogen (secondary N) is 1. The van der Waals surface area contributed by atoms with Gasteiger partial charge in [0.25, 0.3) is 0 Å². The molecule has 7 heteroatoms. The van der Waals surface area contributed by atoms with Crippen molar-refractivity contribution in [2.45, 2.75) is 24.4 Å². The second-order valence-electron chi connectivity index (χ2n) is 3.85. The average Bonchev–Trinajstić information content (AvgIpc) is 2.81. The lowest BCUT2D eigenvalue weighted by atomic mass is 10.1. The zero-order chi connectivity index (χ0) is 10.7. The van der Waals surface area contributed by atoms with Gasteiger partial charge in [-0.1, -0.05) is 16.9 Å². The van der Waals surface area contributed by atoms with Crippen molar-refractivity contribution < 1.29 is 5.21 Å². The molecule has 6 nitrogen and oxygen atoms in total. The van der Waals surface area contributed by atoms with Crippen LogP contribution in [0.15, 0.2) is 16.6 Å². The topological polar surface area (TPSA) is 100 Å². The highest BCUT2D eigenvalue weighted by Crippen LogP contribution is 2.51. The maximum absolute atomic E-state index is 8.51. The standard InChI is InChI=1S/C8H13N5OS/c9-6(13-14)3-8(1-2-8)4-15-7-10-5-11-12-7/h5,14H,1-4H2,(H2,9,13)(H,10,11,12).